The monoisotopic (exact) mass is 327 g/mol. The van der Waals surface area contributed by atoms with Gasteiger partial charge in [-0.05, 0) is 41.8 Å². The molecule has 0 saturated carbocycles. The van der Waals surface area contributed by atoms with Gasteiger partial charge in [0, 0.05) is 24.7 Å². The summed E-state index contributed by atoms with van der Waals surface area (Å²) in [5.41, 5.74) is 5.87. The van der Waals surface area contributed by atoms with Gasteiger partial charge in [-0.2, -0.15) is 0 Å². The number of ether oxygens (including phenoxy) is 1. The fraction of sp³-hybridized carbons (Fsp3) is 0.474. The minimum Gasteiger partial charge on any atom is -0.496 e. The highest BCUT2D eigenvalue weighted by molar-refractivity contribution is 6.03. The Bertz CT molecular complexity index is 760. The molecule has 0 aliphatic carbocycles. The number of methoxy groups -OCH3 is 1. The Morgan fingerprint density at radius 1 is 1.42 bits per heavy atom. The average Bonchev–Trinajstić information content (AvgIpc) is 2.59. The number of hydrogen-bond acceptors (Lipinski definition) is 4. The minimum atomic E-state index is -0.482. The first-order valence-corrected chi connectivity index (χ1v) is 8.55. The molecular formula is C19H25N3O2. The van der Waals surface area contributed by atoms with Gasteiger partial charge in [0.15, 0.2) is 0 Å². The molecule has 2 atom stereocenters. The van der Waals surface area contributed by atoms with Crippen LogP contribution in [0.1, 0.15) is 37.0 Å². The molecule has 2 aromatic rings. The first-order valence-electron chi connectivity index (χ1n) is 8.55. The molecule has 0 unspecified atom stereocenters. The van der Waals surface area contributed by atoms with Gasteiger partial charge in [0.2, 0.25) is 0 Å². The van der Waals surface area contributed by atoms with Crippen LogP contribution in [0.5, 0.6) is 5.75 Å². The number of benzene rings is 1. The largest absolute Gasteiger partial charge is 0.496 e. The van der Waals surface area contributed by atoms with Crippen LogP contribution in [0, 0.1) is 11.8 Å². The van der Waals surface area contributed by atoms with E-state index in [-0.39, 0.29) is 0 Å². The summed E-state index contributed by atoms with van der Waals surface area (Å²) in [5.74, 6) is 2.32. The maximum absolute atomic E-state index is 11.7. The van der Waals surface area contributed by atoms with E-state index >= 15 is 0 Å². The molecule has 1 saturated heterocycles. The van der Waals surface area contributed by atoms with Crippen molar-refractivity contribution in [3.8, 4) is 5.75 Å². The number of hydrogen-bond donors (Lipinski definition) is 1. The van der Waals surface area contributed by atoms with Crippen LogP contribution in [0.2, 0.25) is 0 Å². The van der Waals surface area contributed by atoms with E-state index < -0.39 is 5.91 Å². The highest BCUT2D eigenvalue weighted by atomic mass is 16.5. The molecule has 0 spiro atoms. The summed E-state index contributed by atoms with van der Waals surface area (Å²) >= 11 is 0. The third kappa shape index (κ3) is 3.03. The number of aromatic nitrogens is 1. The lowest BCUT2D eigenvalue weighted by atomic mass is 9.88. The molecule has 0 bridgehead atoms. The summed E-state index contributed by atoms with van der Waals surface area (Å²) in [4.78, 5) is 18.7. The molecule has 1 amide bonds. The Morgan fingerprint density at radius 2 is 2.21 bits per heavy atom. The summed E-state index contributed by atoms with van der Waals surface area (Å²) in [5, 5.41) is 1.96. The molecule has 1 fully saturated rings. The van der Waals surface area contributed by atoms with Crippen molar-refractivity contribution in [2.75, 3.05) is 25.1 Å². The fourth-order valence-electron chi connectivity index (χ4n) is 3.75. The number of carbonyl (C=O) groups excluding carboxylic acids is 1. The number of rotatable bonds is 4. The molecule has 2 heterocycles. The lowest BCUT2D eigenvalue weighted by Crippen LogP contribution is -2.40. The maximum Gasteiger partial charge on any atom is 0.252 e. The van der Waals surface area contributed by atoms with Crippen molar-refractivity contribution < 1.29 is 9.53 Å². The quantitative estimate of drug-likeness (QED) is 0.936. The number of amides is 1. The summed E-state index contributed by atoms with van der Waals surface area (Å²) in [7, 11) is 1.56. The molecule has 2 N–H and O–H groups in total. The van der Waals surface area contributed by atoms with Gasteiger partial charge in [-0.3, -0.25) is 4.79 Å². The zero-order valence-electron chi connectivity index (χ0n) is 14.6. The standard InChI is InChI=1S/C19H25N3O2/c1-4-13-7-12(2)10-22(11-13)19-15-9-17(24-3)16(18(20)23)8-14(15)5-6-21-19/h5-6,8-9,12-13H,4,7,10-11H2,1-3H3,(H2,20,23)/t12-,13-/m0/s1. The number of primary amides is 1. The van der Waals surface area contributed by atoms with Crippen LogP contribution in [0.25, 0.3) is 10.8 Å². The Labute approximate surface area is 142 Å². The molecule has 0 radical (unpaired) electrons. The van der Waals surface area contributed by atoms with Crippen molar-refractivity contribution in [1.29, 1.82) is 0 Å². The smallest absolute Gasteiger partial charge is 0.252 e. The zero-order chi connectivity index (χ0) is 17.3. The minimum absolute atomic E-state index is 0.403. The molecule has 1 aliphatic rings. The van der Waals surface area contributed by atoms with Gasteiger partial charge in [0.25, 0.3) is 5.91 Å². The molecule has 5 heteroatoms. The Morgan fingerprint density at radius 3 is 2.88 bits per heavy atom. The first-order chi connectivity index (χ1) is 11.5. The van der Waals surface area contributed by atoms with Crippen molar-refractivity contribution in [1.82, 2.24) is 4.98 Å². The topological polar surface area (TPSA) is 68.5 Å². The first kappa shape index (κ1) is 16.6. The Kier molecular flexibility index (Phi) is 4.60. The zero-order valence-corrected chi connectivity index (χ0v) is 14.6. The molecule has 1 aromatic carbocycles. The molecule has 1 aromatic heterocycles. The van der Waals surface area contributed by atoms with Gasteiger partial charge in [-0.1, -0.05) is 20.3 Å². The van der Waals surface area contributed by atoms with E-state index in [1.165, 1.54) is 12.8 Å². The second-order valence-corrected chi connectivity index (χ2v) is 6.79. The number of anilines is 1. The van der Waals surface area contributed by atoms with E-state index in [1.807, 2.05) is 12.1 Å². The van der Waals surface area contributed by atoms with Gasteiger partial charge in [0.05, 0.1) is 12.7 Å². The number of pyridine rings is 1. The van der Waals surface area contributed by atoms with E-state index in [1.54, 1.807) is 19.4 Å². The second-order valence-electron chi connectivity index (χ2n) is 6.79. The molecule has 24 heavy (non-hydrogen) atoms. The van der Waals surface area contributed by atoms with E-state index in [2.05, 4.69) is 23.7 Å². The maximum atomic E-state index is 11.7. The highest BCUT2D eigenvalue weighted by Gasteiger charge is 2.26. The Hall–Kier alpha value is -2.30. The van der Waals surface area contributed by atoms with Crippen LogP contribution < -0.4 is 15.4 Å². The van der Waals surface area contributed by atoms with E-state index in [9.17, 15) is 4.79 Å². The van der Waals surface area contributed by atoms with E-state index in [0.717, 1.165) is 29.7 Å². The van der Waals surface area contributed by atoms with Gasteiger partial charge in [-0.25, -0.2) is 4.98 Å². The molecule has 128 valence electrons. The Balaban J connectivity index is 2.10. The molecule has 5 nitrogen and oxygen atoms in total. The van der Waals surface area contributed by atoms with Crippen LogP contribution in [-0.4, -0.2) is 31.1 Å². The van der Waals surface area contributed by atoms with Gasteiger partial charge in [0.1, 0.15) is 11.6 Å². The van der Waals surface area contributed by atoms with Crippen molar-refractivity contribution in [3.63, 3.8) is 0 Å². The van der Waals surface area contributed by atoms with Gasteiger partial charge in [-0.15, -0.1) is 0 Å². The third-order valence-corrected chi connectivity index (χ3v) is 4.95. The highest BCUT2D eigenvalue weighted by Crippen LogP contribution is 2.34. The van der Waals surface area contributed by atoms with Crippen LogP contribution in [0.4, 0.5) is 5.82 Å². The second kappa shape index (κ2) is 6.67. The lowest BCUT2D eigenvalue weighted by molar-refractivity contribution is 0.0997. The van der Waals surface area contributed by atoms with Crippen LogP contribution >= 0.6 is 0 Å². The number of nitrogens with zero attached hydrogens (tertiary/aromatic N) is 2. The summed E-state index contributed by atoms with van der Waals surface area (Å²) in [6, 6.07) is 5.60. The van der Waals surface area contributed by atoms with Crippen LogP contribution in [-0.2, 0) is 0 Å². The summed E-state index contributed by atoms with van der Waals surface area (Å²) in [6.07, 6.45) is 4.25. The van der Waals surface area contributed by atoms with E-state index in [4.69, 9.17) is 10.5 Å². The molecular weight excluding hydrogens is 302 g/mol. The molecule has 1 aliphatic heterocycles. The van der Waals surface area contributed by atoms with E-state index in [0.29, 0.717) is 23.1 Å². The average molecular weight is 327 g/mol. The van der Waals surface area contributed by atoms with Crippen molar-refractivity contribution in [2.24, 2.45) is 17.6 Å². The van der Waals surface area contributed by atoms with Gasteiger partial charge >= 0.3 is 0 Å². The number of fused-ring (bicyclic) bond motifs is 1. The van der Waals surface area contributed by atoms with Gasteiger partial charge < -0.3 is 15.4 Å². The lowest BCUT2D eigenvalue weighted by Gasteiger charge is -2.37. The predicted octanol–water partition coefficient (Wildman–Crippen LogP) is 3.21. The third-order valence-electron chi connectivity index (χ3n) is 4.95. The van der Waals surface area contributed by atoms with Crippen molar-refractivity contribution >= 4 is 22.5 Å². The van der Waals surface area contributed by atoms with Crippen molar-refractivity contribution in [3.05, 3.63) is 30.0 Å². The number of carbonyl (C=O) groups is 1. The molecule has 3 rings (SSSR count). The van der Waals surface area contributed by atoms with Crippen LogP contribution in [0.15, 0.2) is 24.4 Å². The summed E-state index contributed by atoms with van der Waals surface area (Å²) in [6.45, 7) is 6.57. The van der Waals surface area contributed by atoms with Crippen molar-refractivity contribution in [2.45, 2.75) is 26.7 Å². The van der Waals surface area contributed by atoms with Crippen LogP contribution in [0.3, 0.4) is 0 Å². The predicted molar refractivity (Wildman–Crippen MR) is 96.6 cm³/mol. The SMILES string of the molecule is CC[C@H]1C[C@H](C)CN(c2nccc3cc(C(N)=O)c(OC)cc23)C1. The fourth-order valence-corrected chi connectivity index (χ4v) is 3.75. The number of nitrogens with two attached hydrogens (primary N) is 1. The number of piperidine rings is 1. The normalized spacial score (nSPS) is 21.0. The summed E-state index contributed by atoms with van der Waals surface area (Å²) < 4.78 is 5.37.